The second-order valence-corrected chi connectivity index (χ2v) is 7.10. The van der Waals surface area contributed by atoms with Crippen LogP contribution in [0.4, 0.5) is 10.2 Å². The fourth-order valence-electron chi connectivity index (χ4n) is 3.42. The average molecular weight is 401 g/mol. The van der Waals surface area contributed by atoms with Crippen LogP contribution in [-0.4, -0.2) is 46.5 Å². The lowest BCUT2D eigenvalue weighted by atomic mass is 10.1. The molecular weight excluding hydrogens is 383 g/mol. The van der Waals surface area contributed by atoms with Crippen molar-refractivity contribution in [2.75, 3.05) is 31.1 Å². The van der Waals surface area contributed by atoms with Gasteiger partial charge >= 0.3 is 0 Å². The standard InChI is InChI=1S/C20H18ClFN4O2/c1-24-17-5-3-2-4-16(17)23-18(20(24)28)25-8-10-26(11-9-25)19(27)14-7-6-13(22)12-15(14)21/h2-7,12H,8-11H2,1H3. The Morgan fingerprint density at radius 2 is 1.82 bits per heavy atom. The maximum Gasteiger partial charge on any atom is 0.293 e. The van der Waals surface area contributed by atoms with Crippen molar-refractivity contribution in [3.8, 4) is 0 Å². The number of para-hydroxylation sites is 2. The number of benzene rings is 2. The Kier molecular flexibility index (Phi) is 4.77. The lowest BCUT2D eigenvalue weighted by Crippen LogP contribution is -2.50. The molecule has 2 heterocycles. The summed E-state index contributed by atoms with van der Waals surface area (Å²) in [6.07, 6.45) is 0. The van der Waals surface area contributed by atoms with Crippen LogP contribution in [0.5, 0.6) is 0 Å². The van der Waals surface area contributed by atoms with Gasteiger partial charge in [-0.25, -0.2) is 9.37 Å². The van der Waals surface area contributed by atoms with Crippen LogP contribution in [0.25, 0.3) is 11.0 Å². The van der Waals surface area contributed by atoms with Gasteiger partial charge in [-0.3, -0.25) is 9.59 Å². The smallest absolute Gasteiger partial charge is 0.293 e. The summed E-state index contributed by atoms with van der Waals surface area (Å²) in [6.45, 7) is 1.80. The predicted molar refractivity (Wildman–Crippen MR) is 107 cm³/mol. The normalized spacial score (nSPS) is 14.5. The Bertz CT molecular complexity index is 1120. The fourth-order valence-corrected chi connectivity index (χ4v) is 3.67. The summed E-state index contributed by atoms with van der Waals surface area (Å²) in [5.41, 5.74) is 1.63. The first-order chi connectivity index (χ1) is 13.5. The first kappa shape index (κ1) is 18.4. The van der Waals surface area contributed by atoms with Crippen molar-refractivity contribution in [2.45, 2.75) is 0 Å². The SMILES string of the molecule is Cn1c(=O)c(N2CCN(C(=O)c3ccc(F)cc3Cl)CC2)nc2ccccc21. The first-order valence-corrected chi connectivity index (χ1v) is 9.28. The predicted octanol–water partition coefficient (Wildman–Crippen LogP) is 2.69. The molecule has 0 spiro atoms. The van der Waals surface area contributed by atoms with E-state index in [1.165, 1.54) is 12.1 Å². The third-order valence-electron chi connectivity index (χ3n) is 4.99. The van der Waals surface area contributed by atoms with Gasteiger partial charge in [0.25, 0.3) is 11.5 Å². The molecule has 1 aromatic heterocycles. The number of rotatable bonds is 2. The van der Waals surface area contributed by atoms with Crippen LogP contribution in [-0.2, 0) is 7.05 Å². The lowest BCUT2D eigenvalue weighted by Gasteiger charge is -2.35. The Morgan fingerprint density at radius 3 is 2.54 bits per heavy atom. The van der Waals surface area contributed by atoms with E-state index in [1.54, 1.807) is 16.5 Å². The van der Waals surface area contributed by atoms with Crippen LogP contribution >= 0.6 is 11.6 Å². The van der Waals surface area contributed by atoms with E-state index in [2.05, 4.69) is 4.98 Å². The Labute approximate surface area is 165 Å². The molecule has 144 valence electrons. The van der Waals surface area contributed by atoms with Gasteiger partial charge < -0.3 is 14.4 Å². The van der Waals surface area contributed by atoms with Gasteiger partial charge in [-0.05, 0) is 30.3 Å². The number of carbonyl (C=O) groups excluding carboxylic acids is 1. The van der Waals surface area contributed by atoms with Crippen LogP contribution in [0.1, 0.15) is 10.4 Å². The maximum absolute atomic E-state index is 13.2. The number of fused-ring (bicyclic) bond motifs is 1. The molecule has 6 nitrogen and oxygen atoms in total. The minimum atomic E-state index is -0.482. The monoisotopic (exact) mass is 400 g/mol. The van der Waals surface area contributed by atoms with Gasteiger partial charge in [0.05, 0.1) is 21.6 Å². The summed E-state index contributed by atoms with van der Waals surface area (Å²) in [7, 11) is 1.73. The zero-order valence-electron chi connectivity index (χ0n) is 15.2. The minimum absolute atomic E-state index is 0.0949. The molecule has 2 aromatic carbocycles. The number of amides is 1. The molecule has 0 atom stereocenters. The Balaban J connectivity index is 1.55. The molecule has 1 fully saturated rings. The molecule has 0 radical (unpaired) electrons. The third-order valence-corrected chi connectivity index (χ3v) is 5.31. The largest absolute Gasteiger partial charge is 0.348 e. The van der Waals surface area contributed by atoms with Crippen molar-refractivity contribution < 1.29 is 9.18 Å². The van der Waals surface area contributed by atoms with E-state index in [-0.39, 0.29) is 22.1 Å². The molecule has 0 aliphatic carbocycles. The van der Waals surface area contributed by atoms with E-state index in [4.69, 9.17) is 11.6 Å². The number of anilines is 1. The summed E-state index contributed by atoms with van der Waals surface area (Å²) in [5.74, 6) is -0.346. The molecule has 1 saturated heterocycles. The zero-order valence-corrected chi connectivity index (χ0v) is 16.0. The summed E-state index contributed by atoms with van der Waals surface area (Å²) in [5, 5.41) is 0.0949. The van der Waals surface area contributed by atoms with Crippen molar-refractivity contribution in [1.82, 2.24) is 14.5 Å². The molecular formula is C20H18ClFN4O2. The molecule has 0 N–H and O–H groups in total. The Morgan fingerprint density at radius 1 is 1.11 bits per heavy atom. The van der Waals surface area contributed by atoms with Crippen molar-refractivity contribution in [2.24, 2.45) is 7.05 Å². The van der Waals surface area contributed by atoms with E-state index in [0.717, 1.165) is 17.1 Å². The number of piperazine rings is 1. The van der Waals surface area contributed by atoms with Crippen molar-refractivity contribution in [3.63, 3.8) is 0 Å². The number of aromatic nitrogens is 2. The highest BCUT2D eigenvalue weighted by atomic mass is 35.5. The van der Waals surface area contributed by atoms with Crippen LogP contribution in [0.2, 0.25) is 5.02 Å². The zero-order chi connectivity index (χ0) is 19.8. The third kappa shape index (κ3) is 3.22. The highest BCUT2D eigenvalue weighted by Gasteiger charge is 2.26. The number of hydrogen-bond acceptors (Lipinski definition) is 4. The van der Waals surface area contributed by atoms with Gasteiger partial charge in [0.2, 0.25) is 0 Å². The van der Waals surface area contributed by atoms with Gasteiger partial charge in [-0.1, -0.05) is 23.7 Å². The van der Waals surface area contributed by atoms with Gasteiger partial charge in [0.1, 0.15) is 5.82 Å². The molecule has 8 heteroatoms. The summed E-state index contributed by atoms with van der Waals surface area (Å²) < 4.78 is 14.8. The van der Waals surface area contributed by atoms with Crippen molar-refractivity contribution in [1.29, 1.82) is 0 Å². The molecule has 0 unspecified atom stereocenters. The molecule has 0 saturated carbocycles. The first-order valence-electron chi connectivity index (χ1n) is 8.91. The molecule has 1 aliphatic heterocycles. The van der Waals surface area contributed by atoms with E-state index in [1.807, 2.05) is 29.2 Å². The molecule has 0 bridgehead atoms. The molecule has 4 rings (SSSR count). The number of halogens is 2. The van der Waals surface area contributed by atoms with Crippen LogP contribution < -0.4 is 10.5 Å². The second-order valence-electron chi connectivity index (χ2n) is 6.69. The highest BCUT2D eigenvalue weighted by Crippen LogP contribution is 2.21. The molecule has 1 amide bonds. The molecule has 1 aliphatic rings. The number of carbonyl (C=O) groups is 1. The lowest BCUT2D eigenvalue weighted by molar-refractivity contribution is 0.0746. The van der Waals surface area contributed by atoms with Crippen LogP contribution in [0, 0.1) is 5.82 Å². The summed E-state index contributed by atoms with van der Waals surface area (Å²) in [6, 6.07) is 11.2. The second kappa shape index (κ2) is 7.24. The van der Waals surface area contributed by atoms with E-state index < -0.39 is 5.82 Å². The number of nitrogens with zero attached hydrogens (tertiary/aromatic N) is 4. The summed E-state index contributed by atoms with van der Waals surface area (Å²) >= 11 is 6.01. The van der Waals surface area contributed by atoms with E-state index >= 15 is 0 Å². The topological polar surface area (TPSA) is 58.4 Å². The maximum atomic E-state index is 13.2. The summed E-state index contributed by atoms with van der Waals surface area (Å²) in [4.78, 5) is 33.5. The van der Waals surface area contributed by atoms with E-state index in [9.17, 15) is 14.0 Å². The highest BCUT2D eigenvalue weighted by molar-refractivity contribution is 6.33. The van der Waals surface area contributed by atoms with Crippen LogP contribution in [0.3, 0.4) is 0 Å². The Hall–Kier alpha value is -2.93. The van der Waals surface area contributed by atoms with Gasteiger partial charge in [0.15, 0.2) is 5.82 Å². The number of hydrogen-bond donors (Lipinski definition) is 0. The van der Waals surface area contributed by atoms with Crippen LogP contribution in [0.15, 0.2) is 47.3 Å². The van der Waals surface area contributed by atoms with E-state index in [0.29, 0.717) is 32.0 Å². The fraction of sp³-hybridized carbons (Fsp3) is 0.250. The van der Waals surface area contributed by atoms with Crippen molar-refractivity contribution >= 4 is 34.4 Å². The molecule has 28 heavy (non-hydrogen) atoms. The van der Waals surface area contributed by atoms with Gasteiger partial charge in [0, 0.05) is 33.2 Å². The quantitative estimate of drug-likeness (QED) is 0.663. The molecule has 3 aromatic rings. The average Bonchev–Trinajstić information content (AvgIpc) is 2.70. The van der Waals surface area contributed by atoms with Gasteiger partial charge in [-0.2, -0.15) is 0 Å². The number of aryl methyl sites for hydroxylation is 1. The van der Waals surface area contributed by atoms with Gasteiger partial charge in [-0.15, -0.1) is 0 Å². The van der Waals surface area contributed by atoms with Crippen molar-refractivity contribution in [3.05, 3.63) is 69.2 Å². The minimum Gasteiger partial charge on any atom is -0.348 e.